The first-order valence-electron chi connectivity index (χ1n) is 12.0. The molecule has 2 heterocycles. The minimum Gasteiger partial charge on any atom is -0.341 e. The number of piperidine rings is 1. The molecule has 1 saturated heterocycles. The molecule has 0 unspecified atom stereocenters. The molecule has 1 N–H and O–H groups in total. The summed E-state index contributed by atoms with van der Waals surface area (Å²) in [5, 5.41) is 12.7. The predicted octanol–water partition coefficient (Wildman–Crippen LogP) is 6.32. The maximum atomic E-state index is 14.8. The number of hydrogen-bond donors (Lipinski definition) is 1. The minimum atomic E-state index is -4.77. The van der Waals surface area contributed by atoms with E-state index in [2.05, 4.69) is 10.3 Å². The van der Waals surface area contributed by atoms with Crippen LogP contribution < -0.4 is 10.2 Å². The predicted molar refractivity (Wildman–Crippen MR) is 134 cm³/mol. The number of nitrogens with zero attached hydrogens (tertiary/aromatic N) is 4. The number of fused-ring (bicyclic) bond motifs is 1. The largest absolute Gasteiger partial charge is 0.417 e. The van der Waals surface area contributed by atoms with Crippen molar-refractivity contribution in [2.75, 3.05) is 25.0 Å². The number of rotatable bonds is 4. The highest BCUT2D eigenvalue weighted by atomic mass is 19.4. The fourth-order valence-electron chi connectivity index (χ4n) is 4.81. The smallest absolute Gasteiger partial charge is 0.341 e. The van der Waals surface area contributed by atoms with Gasteiger partial charge in [-0.2, -0.15) is 18.4 Å². The van der Waals surface area contributed by atoms with Gasteiger partial charge >= 0.3 is 6.18 Å². The molecule has 1 fully saturated rings. The molecule has 0 saturated carbocycles. The zero-order chi connectivity index (χ0) is 27.0. The number of anilines is 1. The van der Waals surface area contributed by atoms with Gasteiger partial charge in [-0.15, -0.1) is 0 Å². The van der Waals surface area contributed by atoms with Crippen LogP contribution in [0.2, 0.25) is 0 Å². The number of alkyl halides is 3. The van der Waals surface area contributed by atoms with Crippen molar-refractivity contribution < 1.29 is 22.0 Å². The van der Waals surface area contributed by atoms with Gasteiger partial charge in [0.1, 0.15) is 17.7 Å². The van der Waals surface area contributed by atoms with Gasteiger partial charge in [-0.25, -0.2) is 18.7 Å². The second-order valence-corrected chi connectivity index (χ2v) is 9.12. The molecule has 5 nitrogen and oxygen atoms in total. The van der Waals surface area contributed by atoms with Gasteiger partial charge in [0, 0.05) is 35.6 Å². The number of aromatic nitrogens is 2. The molecule has 3 aromatic carbocycles. The highest BCUT2D eigenvalue weighted by Gasteiger charge is 2.35. The van der Waals surface area contributed by atoms with Crippen LogP contribution in [0.3, 0.4) is 0 Å². The fraction of sp³-hybridized carbons (Fsp3) is 0.250. The van der Waals surface area contributed by atoms with Crippen molar-refractivity contribution in [3.05, 3.63) is 77.4 Å². The number of benzene rings is 3. The molecule has 1 aliphatic heterocycles. The first-order chi connectivity index (χ1) is 18.2. The second kappa shape index (κ2) is 9.99. The first kappa shape index (κ1) is 25.5. The lowest BCUT2D eigenvalue weighted by Gasteiger charge is -2.32. The highest BCUT2D eigenvalue weighted by Crippen LogP contribution is 2.40. The van der Waals surface area contributed by atoms with Crippen molar-refractivity contribution in [2.24, 2.45) is 0 Å². The summed E-state index contributed by atoms with van der Waals surface area (Å²) in [7, 11) is 1.90. The minimum absolute atomic E-state index is 0.00974. The molecule has 0 amide bonds. The lowest BCUT2D eigenvalue weighted by Crippen LogP contribution is -2.41. The quantitative estimate of drug-likeness (QED) is 0.317. The molecule has 4 aromatic rings. The van der Waals surface area contributed by atoms with Crippen LogP contribution >= 0.6 is 0 Å². The van der Waals surface area contributed by atoms with E-state index in [1.54, 1.807) is 6.07 Å². The SMILES string of the molecule is CNC1CCN(c2nc(-c3ccc(C#N)c(F)c3)c3cc(-c4c(F)cccc4C(F)(F)F)ccc3n2)CC1. The fourth-order valence-corrected chi connectivity index (χ4v) is 4.81. The Hall–Kier alpha value is -4.10. The summed E-state index contributed by atoms with van der Waals surface area (Å²) < 4.78 is 70.6. The van der Waals surface area contributed by atoms with Gasteiger partial charge in [-0.3, -0.25) is 0 Å². The molecule has 0 spiro atoms. The molecule has 0 radical (unpaired) electrons. The van der Waals surface area contributed by atoms with E-state index in [-0.39, 0.29) is 16.8 Å². The molecule has 0 atom stereocenters. The van der Waals surface area contributed by atoms with Crippen molar-refractivity contribution >= 4 is 16.9 Å². The van der Waals surface area contributed by atoms with E-state index in [0.29, 0.717) is 41.5 Å². The summed E-state index contributed by atoms with van der Waals surface area (Å²) in [4.78, 5) is 11.4. The molecular weight excluding hydrogens is 501 g/mol. The molecule has 38 heavy (non-hydrogen) atoms. The summed E-state index contributed by atoms with van der Waals surface area (Å²) in [6, 6.07) is 13.3. The second-order valence-electron chi connectivity index (χ2n) is 9.12. The van der Waals surface area contributed by atoms with Crippen LogP contribution in [0.25, 0.3) is 33.3 Å². The van der Waals surface area contributed by atoms with E-state index in [0.717, 1.165) is 37.1 Å². The van der Waals surface area contributed by atoms with Gasteiger partial charge in [0.2, 0.25) is 5.95 Å². The summed E-state index contributed by atoms with van der Waals surface area (Å²) >= 11 is 0. The van der Waals surface area contributed by atoms with Crippen LogP contribution in [0.5, 0.6) is 0 Å². The van der Waals surface area contributed by atoms with Gasteiger partial charge < -0.3 is 10.2 Å². The Labute approximate surface area is 215 Å². The van der Waals surface area contributed by atoms with Gasteiger partial charge in [-0.05, 0) is 61.9 Å². The molecule has 0 bridgehead atoms. The van der Waals surface area contributed by atoms with Gasteiger partial charge in [0.25, 0.3) is 0 Å². The van der Waals surface area contributed by atoms with E-state index < -0.39 is 28.9 Å². The lowest BCUT2D eigenvalue weighted by atomic mass is 9.95. The monoisotopic (exact) mass is 523 g/mol. The van der Waals surface area contributed by atoms with E-state index >= 15 is 0 Å². The van der Waals surface area contributed by atoms with E-state index in [1.807, 2.05) is 11.9 Å². The first-order valence-corrected chi connectivity index (χ1v) is 12.0. The Morgan fingerprint density at radius 1 is 0.947 bits per heavy atom. The molecule has 5 rings (SSSR count). The van der Waals surface area contributed by atoms with E-state index in [1.165, 1.54) is 30.3 Å². The average Bonchev–Trinajstić information content (AvgIpc) is 2.91. The van der Waals surface area contributed by atoms with Crippen molar-refractivity contribution in [1.82, 2.24) is 15.3 Å². The Bertz CT molecular complexity index is 1550. The van der Waals surface area contributed by atoms with Gasteiger partial charge in [0.15, 0.2) is 0 Å². The summed E-state index contributed by atoms with van der Waals surface area (Å²) in [5.41, 5.74) is -0.838. The zero-order valence-corrected chi connectivity index (χ0v) is 20.3. The standard InChI is InChI=1S/C28H22F5N5/c1-35-19-9-11-38(12-10-19)27-36-24-8-7-16(25-21(28(31,32)33)3-2-4-22(25)29)13-20(24)26(37-27)17-5-6-18(15-34)23(30)14-17/h2-8,13-14,19,35H,9-12H2,1H3. The van der Waals surface area contributed by atoms with Crippen LogP contribution in [0.4, 0.5) is 27.9 Å². The van der Waals surface area contributed by atoms with Crippen molar-refractivity contribution in [3.63, 3.8) is 0 Å². The van der Waals surface area contributed by atoms with Crippen molar-refractivity contribution in [2.45, 2.75) is 25.1 Å². The maximum absolute atomic E-state index is 14.8. The highest BCUT2D eigenvalue weighted by molar-refractivity contribution is 5.96. The van der Waals surface area contributed by atoms with Crippen LogP contribution in [0, 0.1) is 23.0 Å². The van der Waals surface area contributed by atoms with Gasteiger partial charge in [-0.1, -0.05) is 18.2 Å². The Morgan fingerprint density at radius 2 is 1.68 bits per heavy atom. The van der Waals surface area contributed by atoms with Crippen molar-refractivity contribution in [1.29, 1.82) is 5.26 Å². The normalized spacial score (nSPS) is 14.6. The number of hydrogen-bond acceptors (Lipinski definition) is 5. The third-order valence-electron chi connectivity index (χ3n) is 6.84. The molecule has 194 valence electrons. The maximum Gasteiger partial charge on any atom is 0.417 e. The molecule has 1 aromatic heterocycles. The lowest BCUT2D eigenvalue weighted by molar-refractivity contribution is -0.137. The van der Waals surface area contributed by atoms with E-state index in [4.69, 9.17) is 10.2 Å². The van der Waals surface area contributed by atoms with Crippen LogP contribution in [0.1, 0.15) is 24.0 Å². The van der Waals surface area contributed by atoms with Crippen LogP contribution in [-0.2, 0) is 6.18 Å². The van der Waals surface area contributed by atoms with E-state index in [9.17, 15) is 22.0 Å². The Balaban J connectivity index is 1.71. The van der Waals surface area contributed by atoms with Crippen LogP contribution in [-0.4, -0.2) is 36.1 Å². The third kappa shape index (κ3) is 4.77. The summed E-state index contributed by atoms with van der Waals surface area (Å²) in [6.07, 6.45) is -3.04. The topological polar surface area (TPSA) is 64.8 Å². The summed E-state index contributed by atoms with van der Waals surface area (Å²) in [5.74, 6) is -1.37. The van der Waals surface area contributed by atoms with Crippen molar-refractivity contribution in [3.8, 4) is 28.5 Å². The molecule has 0 aliphatic carbocycles. The Kier molecular flexibility index (Phi) is 6.71. The number of nitrogens with one attached hydrogen (secondary N) is 1. The summed E-state index contributed by atoms with van der Waals surface area (Å²) in [6.45, 7) is 1.36. The number of halogens is 5. The average molecular weight is 524 g/mol. The molecule has 10 heteroatoms. The van der Waals surface area contributed by atoms with Gasteiger partial charge in [0.05, 0.1) is 22.3 Å². The number of nitriles is 1. The molecular formula is C28H22F5N5. The van der Waals surface area contributed by atoms with Crippen LogP contribution in [0.15, 0.2) is 54.6 Å². The zero-order valence-electron chi connectivity index (χ0n) is 20.3. The Morgan fingerprint density at radius 3 is 2.34 bits per heavy atom. The molecule has 1 aliphatic rings. The third-order valence-corrected chi connectivity index (χ3v) is 6.84.